The van der Waals surface area contributed by atoms with Crippen LogP contribution >= 0.6 is 0 Å². The molecule has 5 heteroatoms. The number of hydrogen-bond donors (Lipinski definition) is 0. The number of halogens is 3. The molecule has 1 rings (SSSR count). The molecule has 1 fully saturated rings. The van der Waals surface area contributed by atoms with Gasteiger partial charge in [0.1, 0.15) is 0 Å². The van der Waals surface area contributed by atoms with Crippen LogP contribution < -0.4 is 0 Å². The molecule has 0 spiro atoms. The second-order valence-corrected chi connectivity index (χ2v) is 4.45. The first kappa shape index (κ1) is 14.8. The molecule has 1 saturated heterocycles. The normalized spacial score (nSPS) is 21.0. The van der Waals surface area contributed by atoms with E-state index in [0.29, 0.717) is 13.0 Å². The summed E-state index contributed by atoms with van der Waals surface area (Å²) in [4.78, 5) is 0. The second-order valence-electron chi connectivity index (χ2n) is 4.45. The van der Waals surface area contributed by atoms with Gasteiger partial charge in [0.05, 0.1) is 0 Å². The molecular formula is C12H21F3O2. The number of hydrogen-bond acceptors (Lipinski definition) is 2. The fraction of sp³-hybridized carbons (Fsp3) is 1.00. The van der Waals surface area contributed by atoms with E-state index in [-0.39, 0.29) is 12.7 Å². The fourth-order valence-electron chi connectivity index (χ4n) is 1.85. The lowest BCUT2D eigenvalue weighted by Gasteiger charge is -2.10. The molecule has 0 aromatic carbocycles. The van der Waals surface area contributed by atoms with Gasteiger partial charge in [-0.2, -0.15) is 13.2 Å². The maximum absolute atomic E-state index is 11.8. The molecule has 1 atom stereocenters. The number of unbranched alkanes of at least 4 members (excludes halogenated alkanes) is 4. The molecule has 1 aliphatic rings. The topological polar surface area (TPSA) is 18.5 Å². The zero-order valence-electron chi connectivity index (χ0n) is 10.1. The first-order valence-corrected chi connectivity index (χ1v) is 6.38. The van der Waals surface area contributed by atoms with Crippen LogP contribution in [0.15, 0.2) is 0 Å². The van der Waals surface area contributed by atoms with E-state index in [1.54, 1.807) is 0 Å². The standard InChI is InChI=1S/C12H21F3O2/c13-12(14,15)8-4-2-1-3-5-9-16-11-7-6-10-17-11/h11H,1-10H2. The van der Waals surface area contributed by atoms with Gasteiger partial charge in [-0.25, -0.2) is 0 Å². The smallest absolute Gasteiger partial charge is 0.353 e. The van der Waals surface area contributed by atoms with Crippen LogP contribution in [0.3, 0.4) is 0 Å². The van der Waals surface area contributed by atoms with Crippen molar-refractivity contribution >= 4 is 0 Å². The quantitative estimate of drug-likeness (QED) is 0.608. The highest BCUT2D eigenvalue weighted by molar-refractivity contribution is 4.55. The van der Waals surface area contributed by atoms with E-state index >= 15 is 0 Å². The lowest BCUT2D eigenvalue weighted by molar-refractivity contribution is -0.135. The van der Waals surface area contributed by atoms with Gasteiger partial charge < -0.3 is 9.47 Å². The lowest BCUT2D eigenvalue weighted by atomic mass is 10.1. The van der Waals surface area contributed by atoms with Crippen LogP contribution in [0, 0.1) is 0 Å². The predicted molar refractivity (Wildman–Crippen MR) is 58.7 cm³/mol. The fourth-order valence-corrected chi connectivity index (χ4v) is 1.85. The van der Waals surface area contributed by atoms with E-state index in [4.69, 9.17) is 9.47 Å². The van der Waals surface area contributed by atoms with Gasteiger partial charge in [-0.1, -0.05) is 19.3 Å². The van der Waals surface area contributed by atoms with Crippen LogP contribution in [0.25, 0.3) is 0 Å². The predicted octanol–water partition coefficient (Wildman–Crippen LogP) is 4.04. The van der Waals surface area contributed by atoms with Gasteiger partial charge in [0.25, 0.3) is 0 Å². The Balaban J connectivity index is 1.78. The van der Waals surface area contributed by atoms with Crippen molar-refractivity contribution in [3.05, 3.63) is 0 Å². The lowest BCUT2D eigenvalue weighted by Crippen LogP contribution is -2.11. The SMILES string of the molecule is FC(F)(F)CCCCCCCOC1CCCO1. The van der Waals surface area contributed by atoms with Crippen molar-refractivity contribution in [2.75, 3.05) is 13.2 Å². The summed E-state index contributed by atoms with van der Waals surface area (Å²) in [6.07, 6.45) is 0.924. The van der Waals surface area contributed by atoms with Gasteiger partial charge in [0, 0.05) is 26.1 Å². The summed E-state index contributed by atoms with van der Waals surface area (Å²) in [7, 11) is 0. The average Bonchev–Trinajstić information content (AvgIpc) is 2.73. The van der Waals surface area contributed by atoms with Crippen molar-refractivity contribution in [1.29, 1.82) is 0 Å². The van der Waals surface area contributed by atoms with Crippen LogP contribution in [-0.2, 0) is 9.47 Å². The summed E-state index contributed by atoms with van der Waals surface area (Å²) in [6.45, 7) is 1.44. The molecule has 102 valence electrons. The summed E-state index contributed by atoms with van der Waals surface area (Å²) in [5.74, 6) is 0. The van der Waals surface area contributed by atoms with Gasteiger partial charge in [-0.15, -0.1) is 0 Å². The van der Waals surface area contributed by atoms with Crippen molar-refractivity contribution in [3.63, 3.8) is 0 Å². The first-order chi connectivity index (χ1) is 8.08. The van der Waals surface area contributed by atoms with E-state index in [0.717, 1.165) is 38.7 Å². The molecule has 0 aromatic heterocycles. The van der Waals surface area contributed by atoms with E-state index in [9.17, 15) is 13.2 Å². The summed E-state index contributed by atoms with van der Waals surface area (Å²) < 4.78 is 46.2. The molecule has 17 heavy (non-hydrogen) atoms. The molecule has 0 bridgehead atoms. The minimum absolute atomic E-state index is 0.0415. The Bertz CT molecular complexity index is 189. The summed E-state index contributed by atoms with van der Waals surface area (Å²) in [5.41, 5.74) is 0. The van der Waals surface area contributed by atoms with Gasteiger partial charge in [0.2, 0.25) is 0 Å². The van der Waals surface area contributed by atoms with Crippen molar-refractivity contribution in [2.24, 2.45) is 0 Å². The Morgan fingerprint density at radius 2 is 1.76 bits per heavy atom. The zero-order chi connectivity index (χ0) is 12.6. The molecule has 0 saturated carbocycles. The Hall–Kier alpha value is -0.290. The summed E-state index contributed by atoms with van der Waals surface area (Å²) in [5, 5.41) is 0. The van der Waals surface area contributed by atoms with Crippen LogP contribution in [0.2, 0.25) is 0 Å². The van der Waals surface area contributed by atoms with Crippen molar-refractivity contribution in [2.45, 2.75) is 63.8 Å². The van der Waals surface area contributed by atoms with Crippen LogP contribution in [0.4, 0.5) is 13.2 Å². The summed E-state index contributed by atoms with van der Waals surface area (Å²) >= 11 is 0. The maximum Gasteiger partial charge on any atom is 0.389 e. The van der Waals surface area contributed by atoms with Gasteiger partial charge >= 0.3 is 6.18 Å². The Kier molecular flexibility index (Phi) is 6.89. The highest BCUT2D eigenvalue weighted by Gasteiger charge is 2.25. The monoisotopic (exact) mass is 254 g/mol. The van der Waals surface area contributed by atoms with Crippen molar-refractivity contribution < 1.29 is 22.6 Å². The number of ether oxygens (including phenoxy) is 2. The van der Waals surface area contributed by atoms with Gasteiger partial charge in [0.15, 0.2) is 6.29 Å². The molecule has 0 amide bonds. The first-order valence-electron chi connectivity index (χ1n) is 6.38. The molecular weight excluding hydrogens is 233 g/mol. The third-order valence-corrected chi connectivity index (χ3v) is 2.80. The molecule has 0 aromatic rings. The minimum Gasteiger partial charge on any atom is -0.353 e. The third kappa shape index (κ3) is 8.44. The van der Waals surface area contributed by atoms with Crippen LogP contribution in [0.1, 0.15) is 51.4 Å². The van der Waals surface area contributed by atoms with E-state index in [2.05, 4.69) is 0 Å². The molecule has 1 unspecified atom stereocenters. The highest BCUT2D eigenvalue weighted by atomic mass is 19.4. The number of rotatable bonds is 8. The molecule has 2 nitrogen and oxygen atoms in total. The average molecular weight is 254 g/mol. The van der Waals surface area contributed by atoms with Gasteiger partial charge in [-0.05, 0) is 19.3 Å². The maximum atomic E-state index is 11.8. The van der Waals surface area contributed by atoms with E-state index in [1.165, 1.54) is 0 Å². The van der Waals surface area contributed by atoms with Crippen molar-refractivity contribution in [1.82, 2.24) is 0 Å². The Morgan fingerprint density at radius 3 is 2.41 bits per heavy atom. The molecule has 1 heterocycles. The van der Waals surface area contributed by atoms with Crippen molar-refractivity contribution in [3.8, 4) is 0 Å². The third-order valence-electron chi connectivity index (χ3n) is 2.80. The van der Waals surface area contributed by atoms with Crippen LogP contribution in [0.5, 0.6) is 0 Å². The molecule has 0 aliphatic carbocycles. The Labute approximate surface area is 100 Å². The minimum atomic E-state index is -4.00. The van der Waals surface area contributed by atoms with E-state index < -0.39 is 12.6 Å². The van der Waals surface area contributed by atoms with Crippen LogP contribution in [-0.4, -0.2) is 25.7 Å². The summed E-state index contributed by atoms with van der Waals surface area (Å²) in [6, 6.07) is 0. The zero-order valence-corrected chi connectivity index (χ0v) is 10.1. The highest BCUT2D eigenvalue weighted by Crippen LogP contribution is 2.23. The second kappa shape index (κ2) is 7.93. The molecule has 0 N–H and O–H groups in total. The van der Waals surface area contributed by atoms with Gasteiger partial charge in [-0.3, -0.25) is 0 Å². The Morgan fingerprint density at radius 1 is 1.06 bits per heavy atom. The van der Waals surface area contributed by atoms with E-state index in [1.807, 2.05) is 0 Å². The molecule has 0 radical (unpaired) electrons. The number of alkyl halides is 3. The largest absolute Gasteiger partial charge is 0.389 e. The molecule has 1 aliphatic heterocycles.